The Balaban J connectivity index is 1.98. The molecule has 0 bridgehead atoms. The van der Waals surface area contributed by atoms with Crippen molar-refractivity contribution in [3.05, 3.63) is 15.6 Å². The van der Waals surface area contributed by atoms with Crippen LogP contribution in [0.3, 0.4) is 0 Å². The van der Waals surface area contributed by atoms with Crippen molar-refractivity contribution < 1.29 is 0 Å². The molecule has 3 nitrogen and oxygen atoms in total. The van der Waals surface area contributed by atoms with Crippen LogP contribution in [0.15, 0.2) is 4.99 Å². The molecular formula is C12H19N3S2. The Bertz CT molecular complexity index is 425. The van der Waals surface area contributed by atoms with Gasteiger partial charge in [0.15, 0.2) is 5.17 Å². The average molecular weight is 269 g/mol. The molecule has 0 aromatic carbocycles. The minimum Gasteiger partial charge on any atom is -0.358 e. The number of nitrogens with zero attached hydrogens (tertiary/aromatic N) is 2. The third kappa shape index (κ3) is 3.01. The number of rotatable bonds is 3. The first-order valence-corrected chi connectivity index (χ1v) is 7.71. The van der Waals surface area contributed by atoms with Crippen molar-refractivity contribution in [2.24, 2.45) is 4.99 Å². The van der Waals surface area contributed by atoms with E-state index in [4.69, 9.17) is 0 Å². The fraction of sp³-hybridized carbons (Fsp3) is 0.667. The molecule has 0 fully saturated rings. The predicted octanol–water partition coefficient (Wildman–Crippen LogP) is 3.29. The van der Waals surface area contributed by atoms with Gasteiger partial charge < -0.3 is 5.32 Å². The highest BCUT2D eigenvalue weighted by Crippen LogP contribution is 2.27. The van der Waals surface area contributed by atoms with Crippen molar-refractivity contribution in [2.45, 2.75) is 45.4 Å². The molecule has 0 saturated heterocycles. The maximum Gasteiger partial charge on any atom is 0.157 e. The van der Waals surface area contributed by atoms with Crippen LogP contribution in [0.5, 0.6) is 0 Å². The molecule has 94 valence electrons. The van der Waals surface area contributed by atoms with E-state index >= 15 is 0 Å². The Hall–Kier alpha value is -0.550. The van der Waals surface area contributed by atoms with Crippen molar-refractivity contribution >= 4 is 28.3 Å². The Morgan fingerprint density at radius 2 is 2.24 bits per heavy atom. The van der Waals surface area contributed by atoms with Gasteiger partial charge >= 0.3 is 0 Å². The lowest BCUT2D eigenvalue weighted by molar-refractivity contribution is 0.729. The third-order valence-corrected chi connectivity index (χ3v) is 5.39. The number of nitrogens with one attached hydrogen (secondary N) is 1. The highest BCUT2D eigenvalue weighted by atomic mass is 32.2. The summed E-state index contributed by atoms with van der Waals surface area (Å²) in [6.07, 6.45) is 1.19. The van der Waals surface area contributed by atoms with E-state index in [9.17, 15) is 0 Å². The van der Waals surface area contributed by atoms with Crippen molar-refractivity contribution in [1.82, 2.24) is 10.3 Å². The number of hydrogen-bond donors (Lipinski definition) is 1. The lowest BCUT2D eigenvalue weighted by Gasteiger charge is -2.14. The fourth-order valence-corrected chi connectivity index (χ4v) is 3.86. The first-order chi connectivity index (χ1) is 8.10. The second-order valence-electron chi connectivity index (χ2n) is 4.34. The van der Waals surface area contributed by atoms with Crippen LogP contribution in [0, 0.1) is 13.8 Å². The Kier molecular flexibility index (Phi) is 4.09. The average Bonchev–Trinajstić information content (AvgIpc) is 2.85. The van der Waals surface area contributed by atoms with Gasteiger partial charge in [0, 0.05) is 10.1 Å². The van der Waals surface area contributed by atoms with E-state index in [0.29, 0.717) is 11.3 Å². The molecule has 1 aromatic rings. The lowest BCUT2D eigenvalue weighted by atomic mass is 10.2. The molecule has 2 heterocycles. The van der Waals surface area contributed by atoms with E-state index in [-0.39, 0.29) is 0 Å². The molecule has 5 heteroatoms. The number of aryl methyl sites for hydroxylation is 2. The fourth-order valence-electron chi connectivity index (χ4n) is 1.91. The SMILES string of the molecule is CCC1CN=C(NC(C)c2sc(C)nc2C)S1. The van der Waals surface area contributed by atoms with E-state index in [1.165, 1.54) is 11.3 Å². The molecule has 1 aliphatic heterocycles. The third-order valence-electron chi connectivity index (χ3n) is 2.84. The van der Waals surface area contributed by atoms with Crippen LogP contribution < -0.4 is 5.32 Å². The highest BCUT2D eigenvalue weighted by molar-refractivity contribution is 8.14. The van der Waals surface area contributed by atoms with E-state index in [1.54, 1.807) is 11.3 Å². The Morgan fingerprint density at radius 1 is 1.47 bits per heavy atom. The van der Waals surface area contributed by atoms with Crippen LogP contribution >= 0.6 is 23.1 Å². The number of amidine groups is 1. The summed E-state index contributed by atoms with van der Waals surface area (Å²) in [7, 11) is 0. The van der Waals surface area contributed by atoms with Crippen molar-refractivity contribution in [2.75, 3.05) is 6.54 Å². The monoisotopic (exact) mass is 269 g/mol. The minimum atomic E-state index is 0.308. The molecule has 1 aliphatic rings. The molecule has 1 N–H and O–H groups in total. The number of hydrogen-bond acceptors (Lipinski definition) is 5. The van der Waals surface area contributed by atoms with E-state index < -0.39 is 0 Å². The largest absolute Gasteiger partial charge is 0.358 e. The van der Waals surface area contributed by atoms with Crippen LogP contribution in [0.25, 0.3) is 0 Å². The number of thiazole rings is 1. The first-order valence-electron chi connectivity index (χ1n) is 6.01. The molecule has 0 spiro atoms. The maximum absolute atomic E-state index is 4.54. The van der Waals surface area contributed by atoms with E-state index in [1.807, 2.05) is 11.8 Å². The summed E-state index contributed by atoms with van der Waals surface area (Å²) in [4.78, 5) is 10.3. The maximum atomic E-state index is 4.54. The van der Waals surface area contributed by atoms with Gasteiger partial charge in [-0.15, -0.1) is 11.3 Å². The molecule has 0 radical (unpaired) electrons. The predicted molar refractivity (Wildman–Crippen MR) is 77.1 cm³/mol. The molecule has 2 unspecified atom stereocenters. The van der Waals surface area contributed by atoms with Crippen LogP contribution in [0.2, 0.25) is 0 Å². The summed E-state index contributed by atoms with van der Waals surface area (Å²) in [6.45, 7) is 9.49. The molecular weight excluding hydrogens is 250 g/mol. The van der Waals surface area contributed by atoms with Gasteiger partial charge in [-0.3, -0.25) is 4.99 Å². The molecule has 0 amide bonds. The van der Waals surface area contributed by atoms with Crippen LogP contribution in [-0.2, 0) is 0 Å². The van der Waals surface area contributed by atoms with Crippen LogP contribution in [0.1, 0.15) is 41.9 Å². The summed E-state index contributed by atoms with van der Waals surface area (Å²) >= 11 is 3.64. The molecule has 0 aliphatic carbocycles. The van der Waals surface area contributed by atoms with Crippen LogP contribution in [0.4, 0.5) is 0 Å². The van der Waals surface area contributed by atoms with E-state index in [0.717, 1.165) is 22.4 Å². The summed E-state index contributed by atoms with van der Waals surface area (Å²) < 4.78 is 0. The zero-order valence-corrected chi connectivity index (χ0v) is 12.4. The summed E-state index contributed by atoms with van der Waals surface area (Å²) in [5.41, 5.74) is 1.14. The van der Waals surface area contributed by atoms with Gasteiger partial charge in [0.1, 0.15) is 0 Å². The number of aliphatic imine (C=N–C) groups is 1. The summed E-state index contributed by atoms with van der Waals surface area (Å²) in [5, 5.41) is 6.39. The molecule has 0 saturated carbocycles. The lowest BCUT2D eigenvalue weighted by Crippen LogP contribution is -2.23. The Morgan fingerprint density at radius 3 is 2.76 bits per heavy atom. The van der Waals surface area contributed by atoms with Crippen molar-refractivity contribution in [3.8, 4) is 0 Å². The van der Waals surface area contributed by atoms with Gasteiger partial charge in [0.2, 0.25) is 0 Å². The normalized spacial score (nSPS) is 21.4. The first kappa shape index (κ1) is 12.9. The van der Waals surface area contributed by atoms with Crippen molar-refractivity contribution in [3.63, 3.8) is 0 Å². The standard InChI is InChI=1S/C12H19N3S2/c1-5-10-6-13-12(17-10)15-8(3)11-7(2)14-9(4)16-11/h8,10H,5-6H2,1-4H3,(H,13,15). The topological polar surface area (TPSA) is 37.3 Å². The summed E-state index contributed by atoms with van der Waals surface area (Å²) in [5.74, 6) is 0. The van der Waals surface area contributed by atoms with Gasteiger partial charge in [-0.25, -0.2) is 4.98 Å². The van der Waals surface area contributed by atoms with E-state index in [2.05, 4.69) is 43.0 Å². The van der Waals surface area contributed by atoms with Crippen molar-refractivity contribution in [1.29, 1.82) is 0 Å². The smallest absolute Gasteiger partial charge is 0.157 e. The minimum absolute atomic E-state index is 0.308. The quantitative estimate of drug-likeness (QED) is 0.915. The van der Waals surface area contributed by atoms with Gasteiger partial charge in [-0.1, -0.05) is 18.7 Å². The number of aromatic nitrogens is 1. The molecule has 2 rings (SSSR count). The second-order valence-corrected chi connectivity index (χ2v) is 6.87. The van der Waals surface area contributed by atoms with Gasteiger partial charge in [0.05, 0.1) is 23.3 Å². The second kappa shape index (κ2) is 5.40. The Labute approximate surface area is 111 Å². The highest BCUT2D eigenvalue weighted by Gasteiger charge is 2.21. The molecule has 2 atom stereocenters. The molecule has 1 aromatic heterocycles. The van der Waals surface area contributed by atoms with Gasteiger partial charge in [0.25, 0.3) is 0 Å². The molecule has 17 heavy (non-hydrogen) atoms. The number of thioether (sulfide) groups is 1. The zero-order chi connectivity index (χ0) is 12.4. The van der Waals surface area contributed by atoms with Gasteiger partial charge in [-0.05, 0) is 27.2 Å². The summed E-state index contributed by atoms with van der Waals surface area (Å²) in [6, 6.07) is 0.308. The van der Waals surface area contributed by atoms with Crippen LogP contribution in [-0.4, -0.2) is 21.9 Å². The van der Waals surface area contributed by atoms with Gasteiger partial charge in [-0.2, -0.15) is 0 Å². The zero-order valence-electron chi connectivity index (χ0n) is 10.8.